The van der Waals surface area contributed by atoms with E-state index in [0.717, 1.165) is 12.3 Å². The zero-order valence-electron chi connectivity index (χ0n) is 22.7. The number of hydrogen-bond acceptors (Lipinski definition) is 7. The number of carbonyl (C=O) groups is 2. The van der Waals surface area contributed by atoms with Crippen molar-refractivity contribution in [2.75, 3.05) is 40.3 Å². The van der Waals surface area contributed by atoms with Gasteiger partial charge in [-0.2, -0.15) is 10.2 Å². The Bertz CT molecular complexity index is 1470. The van der Waals surface area contributed by atoms with E-state index in [2.05, 4.69) is 20.5 Å². The molecular formula is C27H29F3N8O3. The Morgan fingerprint density at radius 2 is 1.83 bits per heavy atom. The topological polar surface area (TPSA) is 108 Å². The Morgan fingerprint density at radius 1 is 1.10 bits per heavy atom. The van der Waals surface area contributed by atoms with Gasteiger partial charge in [0.1, 0.15) is 17.7 Å². The van der Waals surface area contributed by atoms with Crippen molar-refractivity contribution in [3.63, 3.8) is 0 Å². The van der Waals surface area contributed by atoms with E-state index in [1.54, 1.807) is 7.05 Å². The molecule has 2 aromatic heterocycles. The molecule has 3 aromatic rings. The van der Waals surface area contributed by atoms with Crippen LogP contribution in [0.15, 0.2) is 41.8 Å². The zero-order chi connectivity index (χ0) is 29.3. The third-order valence-electron chi connectivity index (χ3n) is 6.80. The number of amides is 3. The minimum Gasteiger partial charge on any atom is -0.483 e. The molecule has 1 unspecified atom stereocenters. The van der Waals surface area contributed by atoms with E-state index in [1.165, 1.54) is 45.2 Å². The number of urea groups is 1. The fraction of sp³-hybridized carbons (Fsp3) is 0.370. The van der Waals surface area contributed by atoms with Gasteiger partial charge in [-0.3, -0.25) is 14.5 Å². The number of likely N-dealkylation sites (N-methyl/N-ethyl adjacent to an activating group) is 1. The van der Waals surface area contributed by atoms with E-state index in [4.69, 9.17) is 4.74 Å². The van der Waals surface area contributed by atoms with Gasteiger partial charge in [-0.05, 0) is 31.8 Å². The summed E-state index contributed by atoms with van der Waals surface area (Å²) in [5, 5.41) is 12.3. The average molecular weight is 571 g/mol. The molecule has 1 atom stereocenters. The molecule has 3 amide bonds. The molecule has 2 aliphatic heterocycles. The molecule has 5 rings (SSSR count). The Labute approximate surface area is 234 Å². The molecule has 0 spiro atoms. The number of nitrogens with one attached hydrogen (secondary N) is 1. The molecule has 0 bridgehead atoms. The van der Waals surface area contributed by atoms with Crippen molar-refractivity contribution < 1.29 is 27.5 Å². The number of rotatable bonds is 8. The second-order valence-corrected chi connectivity index (χ2v) is 10.1. The van der Waals surface area contributed by atoms with Crippen LogP contribution >= 0.6 is 0 Å². The van der Waals surface area contributed by atoms with Crippen molar-refractivity contribution >= 4 is 18.2 Å². The molecule has 1 N–H and O–H groups in total. The number of halogens is 3. The summed E-state index contributed by atoms with van der Waals surface area (Å²) in [6, 6.07) is 3.42. The average Bonchev–Trinajstić information content (AvgIpc) is 3.53. The fourth-order valence-corrected chi connectivity index (χ4v) is 4.67. The van der Waals surface area contributed by atoms with Crippen LogP contribution in [0.2, 0.25) is 0 Å². The minimum absolute atomic E-state index is 0.0837. The Kier molecular flexibility index (Phi) is 7.92. The predicted octanol–water partition coefficient (Wildman–Crippen LogP) is 2.81. The minimum atomic E-state index is -0.737. The smallest absolute Gasteiger partial charge is 0.341 e. The number of hydrogen-bond donors (Lipinski definition) is 1. The van der Waals surface area contributed by atoms with E-state index in [1.807, 2.05) is 19.0 Å². The molecule has 2 aliphatic rings. The largest absolute Gasteiger partial charge is 0.483 e. The van der Waals surface area contributed by atoms with Gasteiger partial charge in [0.05, 0.1) is 48.5 Å². The lowest BCUT2D eigenvalue weighted by Gasteiger charge is -2.41. The lowest BCUT2D eigenvalue weighted by atomic mass is 10.0. The molecular weight excluding hydrogens is 541 g/mol. The summed E-state index contributed by atoms with van der Waals surface area (Å²) < 4.78 is 49.5. The summed E-state index contributed by atoms with van der Waals surface area (Å²) in [7, 11) is 5.45. The first-order valence-electron chi connectivity index (χ1n) is 12.9. The summed E-state index contributed by atoms with van der Waals surface area (Å²) in [5.74, 6) is -2.59. The van der Waals surface area contributed by atoms with Crippen LogP contribution in [0.5, 0.6) is 5.75 Å². The third-order valence-corrected chi connectivity index (χ3v) is 6.80. The second kappa shape index (κ2) is 11.6. The summed E-state index contributed by atoms with van der Waals surface area (Å²) in [6.07, 6.45) is 3.75. The maximum atomic E-state index is 14.7. The summed E-state index contributed by atoms with van der Waals surface area (Å²) >= 11 is 0. The second-order valence-electron chi connectivity index (χ2n) is 10.1. The molecule has 216 valence electrons. The van der Waals surface area contributed by atoms with Crippen molar-refractivity contribution in [2.24, 2.45) is 12.1 Å². The number of ether oxygens (including phenoxy) is 1. The van der Waals surface area contributed by atoms with Gasteiger partial charge in [0.25, 0.3) is 5.91 Å². The molecule has 1 saturated heterocycles. The number of aromatic nitrogens is 3. The Morgan fingerprint density at radius 3 is 2.54 bits per heavy atom. The number of nitrogens with zero attached hydrogens (tertiary/aromatic N) is 7. The highest BCUT2D eigenvalue weighted by Gasteiger charge is 2.39. The molecule has 4 heterocycles. The lowest BCUT2D eigenvalue weighted by molar-refractivity contribution is 0.0256. The van der Waals surface area contributed by atoms with Crippen LogP contribution < -0.4 is 10.1 Å². The van der Waals surface area contributed by atoms with E-state index < -0.39 is 35.6 Å². The quantitative estimate of drug-likeness (QED) is 0.447. The van der Waals surface area contributed by atoms with Crippen molar-refractivity contribution in [3.05, 3.63) is 65.2 Å². The predicted molar refractivity (Wildman–Crippen MR) is 143 cm³/mol. The first-order chi connectivity index (χ1) is 19.6. The van der Waals surface area contributed by atoms with Gasteiger partial charge in [0.2, 0.25) is 0 Å². The number of hydrazone groups is 1. The van der Waals surface area contributed by atoms with Crippen LogP contribution in [-0.2, 0) is 7.05 Å². The molecule has 11 nitrogen and oxygen atoms in total. The maximum Gasteiger partial charge on any atom is 0.341 e. The number of aryl methyl sites for hydroxylation is 1. The van der Waals surface area contributed by atoms with E-state index in [0.29, 0.717) is 36.5 Å². The highest BCUT2D eigenvalue weighted by atomic mass is 19.1. The molecule has 1 fully saturated rings. The van der Waals surface area contributed by atoms with Crippen LogP contribution in [0.25, 0.3) is 11.4 Å². The molecule has 0 aliphatic carbocycles. The number of carbonyl (C=O) groups excluding carboxylic acids is 2. The van der Waals surface area contributed by atoms with Crippen molar-refractivity contribution in [1.29, 1.82) is 0 Å². The maximum absolute atomic E-state index is 14.7. The standard InChI is InChI=1S/C27H29F3N8O3/c1-35(2)7-6-31-26(39)20-12-34-36(3)25(20)22-11-24(21(30)13-32-22)41-19-14-37(15-19)27(40)38-23(4-5-33-38)16-8-17(28)10-18(29)9-16/h5,8-13,19,23H,4,6-7,14-15H2,1-3H3,(H,31,39). The zero-order valence-corrected chi connectivity index (χ0v) is 22.7. The van der Waals surface area contributed by atoms with Crippen LogP contribution in [0.1, 0.15) is 28.4 Å². The van der Waals surface area contributed by atoms with E-state index >= 15 is 0 Å². The molecule has 41 heavy (non-hydrogen) atoms. The van der Waals surface area contributed by atoms with Gasteiger partial charge in [0, 0.05) is 44.9 Å². The molecule has 1 aromatic carbocycles. The molecule has 0 saturated carbocycles. The van der Waals surface area contributed by atoms with Crippen LogP contribution in [-0.4, -0.2) is 94.1 Å². The van der Waals surface area contributed by atoms with Gasteiger partial charge in [-0.15, -0.1) is 0 Å². The summed E-state index contributed by atoms with van der Waals surface area (Å²) in [4.78, 5) is 33.4. The number of pyridine rings is 1. The highest BCUT2D eigenvalue weighted by Crippen LogP contribution is 2.32. The van der Waals surface area contributed by atoms with Crippen LogP contribution in [0, 0.1) is 17.5 Å². The fourth-order valence-electron chi connectivity index (χ4n) is 4.67. The number of benzene rings is 1. The highest BCUT2D eigenvalue weighted by molar-refractivity contribution is 5.99. The van der Waals surface area contributed by atoms with Gasteiger partial charge < -0.3 is 19.9 Å². The van der Waals surface area contributed by atoms with Gasteiger partial charge in [0.15, 0.2) is 11.6 Å². The van der Waals surface area contributed by atoms with Crippen molar-refractivity contribution in [1.82, 2.24) is 34.9 Å². The van der Waals surface area contributed by atoms with Crippen molar-refractivity contribution in [3.8, 4) is 17.1 Å². The first-order valence-corrected chi connectivity index (χ1v) is 12.9. The van der Waals surface area contributed by atoms with Gasteiger partial charge in [-0.1, -0.05) is 0 Å². The first kappa shape index (κ1) is 28.1. The molecule has 0 radical (unpaired) electrons. The lowest BCUT2D eigenvalue weighted by Crippen LogP contribution is -2.58. The molecule has 14 heteroatoms. The summed E-state index contributed by atoms with van der Waals surface area (Å²) in [5.41, 5.74) is 1.28. The van der Waals surface area contributed by atoms with E-state index in [-0.39, 0.29) is 30.3 Å². The van der Waals surface area contributed by atoms with Crippen LogP contribution in [0.4, 0.5) is 18.0 Å². The third kappa shape index (κ3) is 6.01. The van der Waals surface area contributed by atoms with Gasteiger partial charge in [-0.25, -0.2) is 23.0 Å². The Balaban J connectivity index is 1.24. The van der Waals surface area contributed by atoms with Crippen molar-refractivity contribution in [2.45, 2.75) is 18.6 Å². The SMILES string of the molecule is CN(C)CCNC(=O)c1cnn(C)c1-c1cc(OC2CN(C(=O)N3N=CCC3c3cc(F)cc(F)c3)C2)c(F)cn1. The monoisotopic (exact) mass is 570 g/mol. The summed E-state index contributed by atoms with van der Waals surface area (Å²) in [6.45, 7) is 1.39. The Hall–Kier alpha value is -4.46. The van der Waals surface area contributed by atoms with E-state index in [9.17, 15) is 22.8 Å². The van der Waals surface area contributed by atoms with Crippen LogP contribution in [0.3, 0.4) is 0 Å². The number of likely N-dealkylation sites (tertiary alicyclic amines) is 1. The van der Waals surface area contributed by atoms with Gasteiger partial charge >= 0.3 is 6.03 Å². The normalized spacial score (nSPS) is 16.8.